The van der Waals surface area contributed by atoms with Crippen molar-refractivity contribution in [3.63, 3.8) is 0 Å². The van der Waals surface area contributed by atoms with Crippen molar-refractivity contribution in [1.82, 2.24) is 5.32 Å². The number of thiophene rings is 1. The third kappa shape index (κ3) is 5.95. The van der Waals surface area contributed by atoms with Gasteiger partial charge in [-0.3, -0.25) is 4.79 Å². The molecule has 1 heterocycles. The van der Waals surface area contributed by atoms with Crippen LogP contribution in [0.5, 0.6) is 0 Å². The summed E-state index contributed by atoms with van der Waals surface area (Å²) in [7, 11) is 0. The standard InChI is InChI=1S/C11H16BrNOS/c12-7-2-1-5-11(14)13-8-6-10-4-3-9-15-10/h3-4,9H,1-2,5-8H2,(H,13,14). The molecular weight excluding hydrogens is 274 g/mol. The van der Waals surface area contributed by atoms with Crippen LogP contribution in [-0.4, -0.2) is 17.8 Å². The van der Waals surface area contributed by atoms with E-state index >= 15 is 0 Å². The van der Waals surface area contributed by atoms with Crippen LogP contribution in [0.4, 0.5) is 0 Å². The first-order valence-electron chi connectivity index (χ1n) is 5.18. The summed E-state index contributed by atoms with van der Waals surface area (Å²) in [4.78, 5) is 12.7. The SMILES string of the molecule is O=C(CCCCBr)NCCc1cccs1. The van der Waals surface area contributed by atoms with E-state index in [1.54, 1.807) is 11.3 Å². The van der Waals surface area contributed by atoms with E-state index in [0.29, 0.717) is 6.42 Å². The third-order valence-electron chi connectivity index (χ3n) is 2.06. The quantitative estimate of drug-likeness (QED) is 0.607. The fourth-order valence-electron chi connectivity index (χ4n) is 1.25. The van der Waals surface area contributed by atoms with Gasteiger partial charge in [-0.1, -0.05) is 22.0 Å². The van der Waals surface area contributed by atoms with Gasteiger partial charge in [0.15, 0.2) is 0 Å². The van der Waals surface area contributed by atoms with Gasteiger partial charge < -0.3 is 5.32 Å². The largest absolute Gasteiger partial charge is 0.356 e. The zero-order valence-electron chi connectivity index (χ0n) is 8.67. The molecule has 2 nitrogen and oxygen atoms in total. The van der Waals surface area contributed by atoms with Crippen LogP contribution in [0.2, 0.25) is 0 Å². The third-order valence-corrected chi connectivity index (χ3v) is 3.56. The predicted molar refractivity (Wildman–Crippen MR) is 68.7 cm³/mol. The molecule has 0 aromatic carbocycles. The van der Waals surface area contributed by atoms with Crippen LogP contribution < -0.4 is 5.32 Å². The van der Waals surface area contributed by atoms with Crippen molar-refractivity contribution in [2.75, 3.05) is 11.9 Å². The summed E-state index contributed by atoms with van der Waals surface area (Å²) >= 11 is 5.09. The first kappa shape index (κ1) is 12.7. The maximum absolute atomic E-state index is 11.3. The van der Waals surface area contributed by atoms with Crippen molar-refractivity contribution in [2.45, 2.75) is 25.7 Å². The lowest BCUT2D eigenvalue weighted by molar-refractivity contribution is -0.121. The van der Waals surface area contributed by atoms with E-state index in [1.165, 1.54) is 4.88 Å². The summed E-state index contributed by atoms with van der Waals surface area (Å²) in [5, 5.41) is 5.98. The molecule has 0 saturated carbocycles. The highest BCUT2D eigenvalue weighted by atomic mass is 79.9. The number of alkyl halides is 1. The summed E-state index contributed by atoms with van der Waals surface area (Å²) in [6, 6.07) is 4.14. The second kappa shape index (κ2) is 7.88. The minimum absolute atomic E-state index is 0.174. The lowest BCUT2D eigenvalue weighted by Crippen LogP contribution is -2.25. The second-order valence-electron chi connectivity index (χ2n) is 3.33. The fourth-order valence-corrected chi connectivity index (χ4v) is 2.35. The van der Waals surface area contributed by atoms with Gasteiger partial charge in [-0.15, -0.1) is 11.3 Å². The molecule has 0 bridgehead atoms. The number of amides is 1. The van der Waals surface area contributed by atoms with E-state index in [1.807, 2.05) is 6.07 Å². The Kier molecular flexibility index (Phi) is 6.68. The van der Waals surface area contributed by atoms with Crippen LogP contribution >= 0.6 is 27.3 Å². The number of carbonyl (C=O) groups excluding carboxylic acids is 1. The lowest BCUT2D eigenvalue weighted by atomic mass is 10.2. The number of rotatable bonds is 7. The zero-order chi connectivity index (χ0) is 10.9. The normalized spacial score (nSPS) is 10.2. The Balaban J connectivity index is 2.02. The molecule has 0 unspecified atom stereocenters. The maximum Gasteiger partial charge on any atom is 0.220 e. The van der Waals surface area contributed by atoms with Crippen LogP contribution in [-0.2, 0) is 11.2 Å². The molecule has 0 spiro atoms. The molecule has 0 aliphatic carbocycles. The maximum atomic E-state index is 11.3. The van der Waals surface area contributed by atoms with Crippen molar-refractivity contribution >= 4 is 33.2 Å². The van der Waals surface area contributed by atoms with Crippen molar-refractivity contribution in [3.05, 3.63) is 22.4 Å². The molecule has 84 valence electrons. The number of hydrogen-bond donors (Lipinski definition) is 1. The molecule has 0 saturated heterocycles. The Morgan fingerprint density at radius 3 is 3.00 bits per heavy atom. The molecule has 1 rings (SSSR count). The summed E-state index contributed by atoms with van der Waals surface area (Å²) in [6.07, 6.45) is 3.63. The topological polar surface area (TPSA) is 29.1 Å². The Bertz CT molecular complexity index is 274. The molecule has 0 aliphatic heterocycles. The van der Waals surface area contributed by atoms with Crippen LogP contribution in [0.3, 0.4) is 0 Å². The van der Waals surface area contributed by atoms with E-state index in [-0.39, 0.29) is 5.91 Å². The van der Waals surface area contributed by atoms with E-state index in [9.17, 15) is 4.79 Å². The van der Waals surface area contributed by atoms with Gasteiger partial charge in [-0.25, -0.2) is 0 Å². The smallest absolute Gasteiger partial charge is 0.220 e. The average molecular weight is 290 g/mol. The molecular formula is C11H16BrNOS. The van der Waals surface area contributed by atoms with Crippen molar-refractivity contribution in [3.8, 4) is 0 Å². The Morgan fingerprint density at radius 2 is 2.33 bits per heavy atom. The first-order chi connectivity index (χ1) is 7.33. The molecule has 0 radical (unpaired) electrons. The molecule has 1 aromatic rings. The number of carbonyl (C=O) groups is 1. The van der Waals surface area contributed by atoms with E-state index < -0.39 is 0 Å². The van der Waals surface area contributed by atoms with Gasteiger partial charge in [0.1, 0.15) is 0 Å². The van der Waals surface area contributed by atoms with E-state index in [2.05, 4.69) is 32.7 Å². The van der Waals surface area contributed by atoms with Crippen molar-refractivity contribution in [1.29, 1.82) is 0 Å². The summed E-state index contributed by atoms with van der Waals surface area (Å²) in [5.41, 5.74) is 0. The molecule has 1 N–H and O–H groups in total. The number of unbranched alkanes of at least 4 members (excludes halogenated alkanes) is 1. The van der Waals surface area contributed by atoms with Gasteiger partial charge in [0.2, 0.25) is 5.91 Å². The summed E-state index contributed by atoms with van der Waals surface area (Å²) < 4.78 is 0. The highest BCUT2D eigenvalue weighted by Gasteiger charge is 2.00. The van der Waals surface area contributed by atoms with Gasteiger partial charge in [-0.2, -0.15) is 0 Å². The molecule has 15 heavy (non-hydrogen) atoms. The molecule has 4 heteroatoms. The summed E-state index contributed by atoms with van der Waals surface area (Å²) in [5.74, 6) is 0.174. The minimum atomic E-state index is 0.174. The van der Waals surface area contributed by atoms with Gasteiger partial charge in [0.05, 0.1) is 0 Å². The molecule has 1 aromatic heterocycles. The highest BCUT2D eigenvalue weighted by Crippen LogP contribution is 2.08. The van der Waals surface area contributed by atoms with Crippen LogP contribution in [0.1, 0.15) is 24.1 Å². The van der Waals surface area contributed by atoms with Crippen LogP contribution in [0.15, 0.2) is 17.5 Å². The van der Waals surface area contributed by atoms with Crippen LogP contribution in [0.25, 0.3) is 0 Å². The molecule has 0 fully saturated rings. The predicted octanol–water partition coefficient (Wildman–Crippen LogP) is 2.97. The monoisotopic (exact) mass is 289 g/mol. The van der Waals surface area contributed by atoms with E-state index in [0.717, 1.165) is 31.1 Å². The minimum Gasteiger partial charge on any atom is -0.356 e. The zero-order valence-corrected chi connectivity index (χ0v) is 11.1. The van der Waals surface area contributed by atoms with Gasteiger partial charge in [0, 0.05) is 23.2 Å². The van der Waals surface area contributed by atoms with Crippen LogP contribution in [0, 0.1) is 0 Å². The summed E-state index contributed by atoms with van der Waals surface area (Å²) in [6.45, 7) is 0.758. The Morgan fingerprint density at radius 1 is 1.47 bits per heavy atom. The fraction of sp³-hybridized carbons (Fsp3) is 0.545. The number of halogens is 1. The number of nitrogens with one attached hydrogen (secondary N) is 1. The van der Waals surface area contributed by atoms with Gasteiger partial charge in [-0.05, 0) is 30.7 Å². The van der Waals surface area contributed by atoms with Gasteiger partial charge >= 0.3 is 0 Å². The Hall–Kier alpha value is -0.350. The number of hydrogen-bond acceptors (Lipinski definition) is 2. The average Bonchev–Trinajstić information content (AvgIpc) is 2.71. The first-order valence-corrected chi connectivity index (χ1v) is 7.18. The van der Waals surface area contributed by atoms with Crippen molar-refractivity contribution < 1.29 is 4.79 Å². The second-order valence-corrected chi connectivity index (χ2v) is 5.15. The van der Waals surface area contributed by atoms with E-state index in [4.69, 9.17) is 0 Å². The van der Waals surface area contributed by atoms with Crippen molar-refractivity contribution in [2.24, 2.45) is 0 Å². The highest BCUT2D eigenvalue weighted by molar-refractivity contribution is 9.09. The molecule has 0 atom stereocenters. The lowest BCUT2D eigenvalue weighted by Gasteiger charge is -2.03. The molecule has 1 amide bonds. The van der Waals surface area contributed by atoms with Gasteiger partial charge in [0.25, 0.3) is 0 Å². The Labute approximate surface area is 103 Å². The molecule has 0 aliphatic rings.